The SMILES string of the molecule is O=C(O)C(F)(F)F.O=C(O)C(F)(F)F.O=S1(=O)CCC(COc2ccccn2)C12CN(Cc1cccc(F)c1)C2. The van der Waals surface area contributed by atoms with Crippen LogP contribution in [0.4, 0.5) is 30.7 Å². The summed E-state index contributed by atoms with van der Waals surface area (Å²) >= 11 is 0. The molecule has 2 N–H and O–H groups in total. The first-order valence-electron chi connectivity index (χ1n) is 11.2. The average molecular weight is 604 g/mol. The summed E-state index contributed by atoms with van der Waals surface area (Å²) in [5.41, 5.74) is 0.858. The molecule has 2 fully saturated rings. The summed E-state index contributed by atoms with van der Waals surface area (Å²) in [6.07, 6.45) is -7.90. The van der Waals surface area contributed by atoms with Gasteiger partial charge in [0.1, 0.15) is 10.6 Å². The van der Waals surface area contributed by atoms with Gasteiger partial charge >= 0.3 is 24.3 Å². The molecule has 40 heavy (non-hydrogen) atoms. The largest absolute Gasteiger partial charge is 0.490 e. The number of aromatic nitrogens is 1. The van der Waals surface area contributed by atoms with E-state index in [-0.39, 0.29) is 17.5 Å². The van der Waals surface area contributed by atoms with E-state index in [0.717, 1.165) is 5.56 Å². The third-order valence-corrected chi connectivity index (χ3v) is 8.53. The Balaban J connectivity index is 0.000000333. The summed E-state index contributed by atoms with van der Waals surface area (Å²) in [6, 6.07) is 11.9. The molecule has 2 aliphatic heterocycles. The van der Waals surface area contributed by atoms with Crippen LogP contribution in [-0.2, 0) is 26.0 Å². The summed E-state index contributed by atoms with van der Waals surface area (Å²) in [7, 11) is -3.15. The molecular weight excluding hydrogens is 581 g/mol. The predicted molar refractivity (Wildman–Crippen MR) is 123 cm³/mol. The van der Waals surface area contributed by atoms with Gasteiger partial charge in [-0.15, -0.1) is 0 Å². The van der Waals surface area contributed by atoms with Crippen molar-refractivity contribution in [3.8, 4) is 5.88 Å². The smallest absolute Gasteiger partial charge is 0.477 e. The summed E-state index contributed by atoms with van der Waals surface area (Å²) in [6.45, 7) is 1.86. The molecule has 1 aromatic carbocycles. The first kappa shape index (κ1) is 32.7. The van der Waals surface area contributed by atoms with E-state index in [2.05, 4.69) is 9.88 Å². The van der Waals surface area contributed by atoms with E-state index < -0.39 is 38.9 Å². The van der Waals surface area contributed by atoms with Crippen molar-refractivity contribution < 1.29 is 63.7 Å². The van der Waals surface area contributed by atoms with E-state index in [9.17, 15) is 39.2 Å². The van der Waals surface area contributed by atoms with Gasteiger partial charge in [0.2, 0.25) is 5.88 Å². The quantitative estimate of drug-likeness (QED) is 0.492. The van der Waals surface area contributed by atoms with Gasteiger partial charge in [0.25, 0.3) is 0 Å². The van der Waals surface area contributed by atoms with Gasteiger partial charge in [-0.3, -0.25) is 4.90 Å². The standard InChI is InChI=1S/C19H21FN2O3S.2C2HF3O2/c20-17-5-3-4-15(10-17)11-22-13-19(14-22)16(7-9-26(19,23)24)12-25-18-6-1-2-8-21-18;2*3-2(4,5)1(6)7/h1-6,8,10,16H,7,9,11-14H2;2*(H,6,7). The van der Waals surface area contributed by atoms with Crippen molar-refractivity contribution in [3.63, 3.8) is 0 Å². The number of halogens is 7. The average Bonchev–Trinajstić information content (AvgIpc) is 3.08. The van der Waals surface area contributed by atoms with Crippen molar-refractivity contribution >= 4 is 21.8 Å². The van der Waals surface area contributed by atoms with Crippen molar-refractivity contribution in [1.29, 1.82) is 0 Å². The summed E-state index contributed by atoms with van der Waals surface area (Å²) in [5.74, 6) is -5.11. The maximum absolute atomic E-state index is 13.3. The molecule has 0 radical (unpaired) electrons. The molecule has 222 valence electrons. The number of carboxylic acids is 2. The Hall–Kier alpha value is -3.47. The molecule has 1 unspecified atom stereocenters. The second-order valence-corrected chi connectivity index (χ2v) is 11.2. The highest BCUT2D eigenvalue weighted by molar-refractivity contribution is 7.93. The Morgan fingerprint density at radius 1 is 1.00 bits per heavy atom. The fraction of sp³-hybridized carbons (Fsp3) is 0.435. The van der Waals surface area contributed by atoms with Gasteiger partial charge in [0.05, 0.1) is 12.4 Å². The lowest BCUT2D eigenvalue weighted by Gasteiger charge is -2.50. The van der Waals surface area contributed by atoms with E-state index in [0.29, 0.717) is 38.5 Å². The summed E-state index contributed by atoms with van der Waals surface area (Å²) in [4.78, 5) is 24.0. The highest BCUT2D eigenvalue weighted by atomic mass is 32.2. The number of hydrogen-bond donors (Lipinski definition) is 2. The van der Waals surface area contributed by atoms with E-state index in [1.54, 1.807) is 18.3 Å². The molecule has 4 rings (SSSR count). The molecule has 9 nitrogen and oxygen atoms in total. The number of benzene rings is 1. The zero-order valence-corrected chi connectivity index (χ0v) is 21.1. The van der Waals surface area contributed by atoms with Crippen LogP contribution < -0.4 is 4.74 Å². The molecule has 3 heterocycles. The molecule has 0 aliphatic carbocycles. The number of ether oxygens (including phenoxy) is 1. The molecule has 17 heteroatoms. The lowest BCUT2D eigenvalue weighted by Crippen LogP contribution is -2.67. The lowest BCUT2D eigenvalue weighted by atomic mass is 9.83. The molecule has 1 atom stereocenters. The van der Waals surface area contributed by atoms with Crippen LogP contribution in [0.25, 0.3) is 0 Å². The molecular formula is C23H23F7N2O7S. The number of likely N-dealkylation sites (tertiary alicyclic amines) is 1. The molecule has 0 bridgehead atoms. The molecule has 0 saturated carbocycles. The minimum absolute atomic E-state index is 0.0433. The van der Waals surface area contributed by atoms with Crippen molar-refractivity contribution in [1.82, 2.24) is 9.88 Å². The van der Waals surface area contributed by atoms with Crippen LogP contribution in [0, 0.1) is 11.7 Å². The van der Waals surface area contributed by atoms with Gasteiger partial charge < -0.3 is 14.9 Å². The third-order valence-electron chi connectivity index (χ3n) is 5.93. The minimum Gasteiger partial charge on any atom is -0.477 e. The maximum atomic E-state index is 13.3. The second kappa shape index (κ2) is 12.8. The number of carbonyl (C=O) groups is 2. The van der Waals surface area contributed by atoms with Gasteiger partial charge in [-0.1, -0.05) is 18.2 Å². The highest BCUT2D eigenvalue weighted by Gasteiger charge is 2.61. The van der Waals surface area contributed by atoms with Crippen LogP contribution in [-0.4, -0.2) is 83.0 Å². The Morgan fingerprint density at radius 3 is 2.05 bits per heavy atom. The Morgan fingerprint density at radius 2 is 1.57 bits per heavy atom. The van der Waals surface area contributed by atoms with E-state index in [1.807, 2.05) is 18.2 Å². The second-order valence-electron chi connectivity index (χ2n) is 8.73. The number of pyridine rings is 1. The van der Waals surface area contributed by atoms with Crippen molar-refractivity contribution in [2.24, 2.45) is 5.92 Å². The normalized spacial score (nSPS) is 19.3. The first-order valence-corrected chi connectivity index (χ1v) is 12.9. The van der Waals surface area contributed by atoms with Gasteiger partial charge in [-0.25, -0.2) is 27.4 Å². The van der Waals surface area contributed by atoms with Crippen LogP contribution in [0.3, 0.4) is 0 Å². The number of aliphatic carboxylic acids is 2. The van der Waals surface area contributed by atoms with Crippen molar-refractivity contribution in [2.75, 3.05) is 25.4 Å². The fourth-order valence-electron chi connectivity index (χ4n) is 4.04. The fourth-order valence-corrected chi connectivity index (χ4v) is 6.50. The molecule has 1 spiro atoms. The van der Waals surface area contributed by atoms with Crippen LogP contribution >= 0.6 is 0 Å². The molecule has 0 amide bonds. The number of hydrogen-bond acceptors (Lipinski definition) is 7. The molecule has 2 saturated heterocycles. The maximum Gasteiger partial charge on any atom is 0.490 e. The monoisotopic (exact) mass is 604 g/mol. The topological polar surface area (TPSA) is 134 Å². The van der Waals surface area contributed by atoms with Crippen LogP contribution in [0.15, 0.2) is 48.7 Å². The van der Waals surface area contributed by atoms with Gasteiger partial charge in [-0.2, -0.15) is 26.3 Å². The molecule has 2 aliphatic rings. The number of carboxylic acid groups (broad SMARTS) is 2. The number of sulfone groups is 1. The number of rotatable bonds is 5. The Labute approximate surface area is 223 Å². The highest BCUT2D eigenvalue weighted by Crippen LogP contribution is 2.45. The van der Waals surface area contributed by atoms with Crippen molar-refractivity contribution in [3.05, 3.63) is 60.0 Å². The van der Waals surface area contributed by atoms with Gasteiger partial charge in [-0.05, 0) is 30.2 Å². The Kier molecular flexibility index (Phi) is 10.5. The number of alkyl halides is 6. The van der Waals surface area contributed by atoms with E-state index in [4.69, 9.17) is 24.5 Å². The van der Waals surface area contributed by atoms with Gasteiger partial charge in [0, 0.05) is 37.8 Å². The van der Waals surface area contributed by atoms with Gasteiger partial charge in [0.15, 0.2) is 9.84 Å². The lowest BCUT2D eigenvalue weighted by molar-refractivity contribution is -0.193. The molecule has 2 aromatic rings. The van der Waals surface area contributed by atoms with Crippen LogP contribution in [0.1, 0.15) is 12.0 Å². The Bertz CT molecular complexity index is 1240. The zero-order chi connectivity index (χ0) is 30.4. The first-order chi connectivity index (χ1) is 18.4. The van der Waals surface area contributed by atoms with Crippen LogP contribution in [0.5, 0.6) is 5.88 Å². The molecule has 1 aromatic heterocycles. The van der Waals surface area contributed by atoms with E-state index in [1.165, 1.54) is 12.1 Å². The third kappa shape index (κ3) is 8.77. The minimum atomic E-state index is -5.08. The predicted octanol–water partition coefficient (Wildman–Crippen LogP) is 3.56. The van der Waals surface area contributed by atoms with Crippen LogP contribution in [0.2, 0.25) is 0 Å². The summed E-state index contributed by atoms with van der Waals surface area (Å²) in [5, 5.41) is 14.2. The summed E-state index contributed by atoms with van der Waals surface area (Å²) < 4.78 is 107. The van der Waals surface area contributed by atoms with Crippen molar-refractivity contribution in [2.45, 2.75) is 30.1 Å². The van der Waals surface area contributed by atoms with E-state index >= 15 is 0 Å². The number of nitrogens with zero attached hydrogens (tertiary/aromatic N) is 2. The zero-order valence-electron chi connectivity index (χ0n) is 20.3.